The smallest absolute Gasteiger partial charge is 0.224 e. The fourth-order valence-corrected chi connectivity index (χ4v) is 10.2. The van der Waals surface area contributed by atoms with Gasteiger partial charge in [0, 0.05) is 47.2 Å². The number of aliphatic hydroxyl groups excluding tert-OH is 1. The van der Waals surface area contributed by atoms with E-state index in [0.29, 0.717) is 31.0 Å². The van der Waals surface area contributed by atoms with Gasteiger partial charge in [0.1, 0.15) is 12.0 Å². The number of Topliss-reactive ketones (excluding diaryl/α,β-unsaturated/α-hetero) is 1. The van der Waals surface area contributed by atoms with Gasteiger partial charge in [-0.3, -0.25) is 19.2 Å². The lowest BCUT2D eigenvalue weighted by atomic mass is 9.44. The highest BCUT2D eigenvalue weighted by atomic mass is 35.5. The largest absolute Gasteiger partial charge is 0.390 e. The average Bonchev–Trinajstić information content (AvgIpc) is 3.43. The first kappa shape index (κ1) is 30.1. The Morgan fingerprint density at radius 1 is 1.19 bits per heavy atom. The van der Waals surface area contributed by atoms with E-state index in [4.69, 9.17) is 16.4 Å². The third kappa shape index (κ3) is 4.10. The molecule has 0 spiro atoms. The number of halogens is 3. The first-order valence-corrected chi connectivity index (χ1v) is 16.0. The number of hydrogen-bond acceptors (Lipinski definition) is 7. The summed E-state index contributed by atoms with van der Waals surface area (Å²) in [4.78, 5) is 45.3. The van der Waals surface area contributed by atoms with Crippen LogP contribution >= 0.6 is 23.4 Å². The number of allylic oxidation sites excluding steroid dienone is 4. The number of nitrogens with zero attached hydrogens (tertiary/aromatic N) is 1. The van der Waals surface area contributed by atoms with E-state index >= 15 is 8.78 Å². The van der Waals surface area contributed by atoms with Crippen LogP contribution in [-0.2, 0) is 25.8 Å². The van der Waals surface area contributed by atoms with Gasteiger partial charge in [-0.15, -0.1) is 0 Å². The van der Waals surface area contributed by atoms with Crippen molar-refractivity contribution in [3.05, 3.63) is 58.7 Å². The summed E-state index contributed by atoms with van der Waals surface area (Å²) in [6.07, 6.45) is 1.20. The van der Waals surface area contributed by atoms with Gasteiger partial charge in [0.05, 0.1) is 11.9 Å². The molecule has 1 aliphatic heterocycles. The Morgan fingerprint density at radius 3 is 2.60 bits per heavy atom. The molecule has 42 heavy (non-hydrogen) atoms. The van der Waals surface area contributed by atoms with Crippen molar-refractivity contribution in [1.82, 2.24) is 5.06 Å². The molecular weight excluding hydrogens is 584 g/mol. The number of hydrogen-bond donors (Lipinski definition) is 1. The summed E-state index contributed by atoms with van der Waals surface area (Å²) >= 11 is 6.98. The Bertz CT molecular complexity index is 1390. The third-order valence-electron chi connectivity index (χ3n) is 11.0. The fraction of sp³-hybridized carbons (Fsp3) is 0.594. The minimum Gasteiger partial charge on any atom is -0.390 e. The molecule has 3 saturated carbocycles. The van der Waals surface area contributed by atoms with Crippen molar-refractivity contribution < 1.29 is 33.1 Å². The number of aliphatic hydroxyl groups is 1. The van der Waals surface area contributed by atoms with Gasteiger partial charge < -0.3 is 5.11 Å². The van der Waals surface area contributed by atoms with Gasteiger partial charge in [0.15, 0.2) is 17.1 Å². The Hall–Kier alpha value is -1.91. The van der Waals surface area contributed by atoms with Crippen molar-refractivity contribution in [2.75, 3.05) is 12.3 Å². The van der Waals surface area contributed by atoms with Gasteiger partial charge in [0.2, 0.25) is 5.12 Å². The number of carbonyl (C=O) groups excluding carboxylic acids is 3. The predicted molar refractivity (Wildman–Crippen MR) is 156 cm³/mol. The van der Waals surface area contributed by atoms with E-state index < -0.39 is 52.0 Å². The molecule has 4 fully saturated rings. The molecule has 6 nitrogen and oxygen atoms in total. The number of thioether (sulfide) groups is 1. The lowest BCUT2D eigenvalue weighted by Crippen LogP contribution is -2.70. The van der Waals surface area contributed by atoms with E-state index in [2.05, 4.69) is 0 Å². The molecule has 6 rings (SSSR count). The topological polar surface area (TPSA) is 83.9 Å². The Morgan fingerprint density at radius 2 is 1.90 bits per heavy atom. The van der Waals surface area contributed by atoms with Gasteiger partial charge in [0.25, 0.3) is 0 Å². The zero-order valence-corrected chi connectivity index (χ0v) is 25.5. The summed E-state index contributed by atoms with van der Waals surface area (Å²) in [6.45, 7) is 5.96. The number of rotatable bonds is 6. The maximum absolute atomic E-state index is 17.6. The molecule has 1 N–H and O–H groups in total. The number of alkyl halides is 2. The van der Waals surface area contributed by atoms with E-state index in [0.717, 1.165) is 17.3 Å². The second kappa shape index (κ2) is 10.3. The SMILES string of the molecule is CCC(=O)CSC(=O)[C@@]12ON(Cc3ccc(Cl)cc3)C[C@@H]1C[C@H]1[C@@H]3C[C@H](F)C4=CC(=O)C=C[C@]4(C)[C@@]3(F)[C@@H](O)C[C@@]12C. The highest BCUT2D eigenvalue weighted by molar-refractivity contribution is 8.14. The van der Waals surface area contributed by atoms with Gasteiger partial charge in [-0.1, -0.05) is 55.4 Å². The van der Waals surface area contributed by atoms with E-state index in [1.165, 1.54) is 18.2 Å². The minimum atomic E-state index is -2.24. The Balaban J connectivity index is 1.39. The summed E-state index contributed by atoms with van der Waals surface area (Å²) in [5.74, 6) is -2.19. The molecule has 5 aliphatic rings. The number of benzene rings is 1. The Kier molecular flexibility index (Phi) is 7.41. The van der Waals surface area contributed by atoms with Crippen LogP contribution in [0.2, 0.25) is 5.02 Å². The van der Waals surface area contributed by atoms with Crippen molar-refractivity contribution >= 4 is 40.0 Å². The second-order valence-corrected chi connectivity index (χ2v) is 14.4. The van der Waals surface area contributed by atoms with Crippen molar-refractivity contribution in [3.8, 4) is 0 Å². The normalized spacial score (nSPS) is 42.4. The lowest BCUT2D eigenvalue weighted by molar-refractivity contribution is -0.266. The molecular formula is C32H36ClF2NO5S. The number of carbonyl (C=O) groups is 3. The molecule has 0 aromatic heterocycles. The first-order chi connectivity index (χ1) is 19.8. The molecule has 0 bridgehead atoms. The van der Waals surface area contributed by atoms with Crippen LogP contribution in [0.25, 0.3) is 0 Å². The molecule has 1 aromatic rings. The summed E-state index contributed by atoms with van der Waals surface area (Å²) in [7, 11) is 0. The molecule has 0 unspecified atom stereocenters. The number of ketones is 2. The number of fused-ring (bicyclic) bond motifs is 7. The summed E-state index contributed by atoms with van der Waals surface area (Å²) in [6, 6.07) is 7.33. The molecule has 1 aromatic carbocycles. The Labute approximate surface area is 253 Å². The second-order valence-electron chi connectivity index (χ2n) is 13.0. The molecule has 4 aliphatic carbocycles. The van der Waals surface area contributed by atoms with Crippen LogP contribution in [0.5, 0.6) is 0 Å². The summed E-state index contributed by atoms with van der Waals surface area (Å²) in [5, 5.41) is 13.8. The van der Waals surface area contributed by atoms with E-state index in [1.807, 2.05) is 19.1 Å². The van der Waals surface area contributed by atoms with Gasteiger partial charge in [-0.05, 0) is 67.5 Å². The van der Waals surface area contributed by atoms with Gasteiger partial charge in [-0.2, -0.15) is 5.06 Å². The third-order valence-corrected chi connectivity index (χ3v) is 12.3. The van der Waals surface area contributed by atoms with Crippen LogP contribution in [-0.4, -0.2) is 62.7 Å². The van der Waals surface area contributed by atoms with Gasteiger partial charge in [-0.25, -0.2) is 8.78 Å². The maximum Gasteiger partial charge on any atom is 0.224 e. The highest BCUT2D eigenvalue weighted by Gasteiger charge is 2.79. The van der Waals surface area contributed by atoms with Crippen LogP contribution < -0.4 is 0 Å². The van der Waals surface area contributed by atoms with E-state index in [9.17, 15) is 19.5 Å². The molecule has 0 amide bonds. The van der Waals surface area contributed by atoms with Crippen LogP contribution in [0.15, 0.2) is 48.1 Å². The van der Waals surface area contributed by atoms with Crippen molar-refractivity contribution in [3.63, 3.8) is 0 Å². The molecule has 0 radical (unpaired) electrons. The lowest BCUT2D eigenvalue weighted by Gasteiger charge is -2.63. The quantitative estimate of drug-likeness (QED) is 0.443. The summed E-state index contributed by atoms with van der Waals surface area (Å²) in [5.41, 5.74) is -5.19. The van der Waals surface area contributed by atoms with Crippen LogP contribution in [0.1, 0.15) is 52.0 Å². The summed E-state index contributed by atoms with van der Waals surface area (Å²) < 4.78 is 33.5. The molecule has 1 heterocycles. The van der Waals surface area contributed by atoms with Crippen LogP contribution in [0.3, 0.4) is 0 Å². The zero-order chi connectivity index (χ0) is 30.2. The minimum absolute atomic E-state index is 0.00171. The predicted octanol–water partition coefficient (Wildman–Crippen LogP) is 5.61. The monoisotopic (exact) mass is 619 g/mol. The van der Waals surface area contributed by atoms with Gasteiger partial charge >= 0.3 is 0 Å². The van der Waals surface area contributed by atoms with Crippen molar-refractivity contribution in [2.45, 2.75) is 76.5 Å². The van der Waals surface area contributed by atoms with Crippen molar-refractivity contribution in [2.24, 2.45) is 28.6 Å². The molecule has 10 heteroatoms. The molecule has 9 atom stereocenters. The standard InChI is InChI=1S/C32H36ClF2NO5S/c1-4-21(37)17-42-28(40)32-19(16-36(41-32)15-18-5-7-20(33)8-6-18)11-23-24-13-26(34)25-12-22(38)9-10-29(25,2)31(24,35)27(39)14-30(23,32)3/h5-10,12,19,23-24,26-27,39H,4,11,13-17H2,1-3H3/t19-,23-,24-,26-,27-,29-,30-,31-,32-/m0/s1. The first-order valence-electron chi connectivity index (χ1n) is 14.6. The van der Waals surface area contributed by atoms with E-state index in [-0.39, 0.29) is 41.0 Å². The zero-order valence-electron chi connectivity index (χ0n) is 23.9. The van der Waals surface area contributed by atoms with Crippen molar-refractivity contribution in [1.29, 1.82) is 0 Å². The number of hydroxylamine groups is 2. The molecule has 226 valence electrons. The molecule has 1 saturated heterocycles. The van der Waals surface area contributed by atoms with Crippen LogP contribution in [0.4, 0.5) is 8.78 Å². The average molecular weight is 620 g/mol. The highest BCUT2D eigenvalue weighted by Crippen LogP contribution is 2.73. The fourth-order valence-electron chi connectivity index (χ4n) is 8.90. The maximum atomic E-state index is 17.6. The van der Waals surface area contributed by atoms with E-state index in [1.54, 1.807) is 31.0 Å². The van der Waals surface area contributed by atoms with Crippen LogP contribution in [0, 0.1) is 28.6 Å².